The van der Waals surface area contributed by atoms with Crippen molar-refractivity contribution in [2.24, 2.45) is 0 Å². The summed E-state index contributed by atoms with van der Waals surface area (Å²) in [5.74, 6) is 0.983. The fraction of sp³-hybridized carbons (Fsp3) is 0.263. The summed E-state index contributed by atoms with van der Waals surface area (Å²) in [4.78, 5) is 0. The molecule has 2 aromatic rings. The van der Waals surface area contributed by atoms with Gasteiger partial charge in [-0.3, -0.25) is 0 Å². The topological polar surface area (TPSA) is 9.23 Å². The molecule has 0 spiro atoms. The van der Waals surface area contributed by atoms with Gasteiger partial charge in [-0.05, 0) is 44.4 Å². The standard InChI is InChI=1S/C19H22O/c1-15(2)9-11-18-13-16(3)10-12-19(18)20-14-17-7-5-4-6-8-17/h4-10,12-13H,11,14H2,1-3H3. The van der Waals surface area contributed by atoms with Crippen molar-refractivity contribution in [1.82, 2.24) is 0 Å². The second-order valence-corrected chi connectivity index (χ2v) is 5.37. The molecule has 0 bridgehead atoms. The summed E-state index contributed by atoms with van der Waals surface area (Å²) in [5.41, 5.74) is 5.05. The third-order valence-electron chi connectivity index (χ3n) is 3.18. The number of rotatable bonds is 5. The molecule has 0 aromatic heterocycles. The molecular formula is C19H22O. The molecule has 0 atom stereocenters. The molecule has 0 saturated heterocycles. The van der Waals surface area contributed by atoms with Crippen LogP contribution in [0.3, 0.4) is 0 Å². The van der Waals surface area contributed by atoms with Crippen molar-refractivity contribution in [3.8, 4) is 5.75 Å². The van der Waals surface area contributed by atoms with E-state index in [2.05, 4.69) is 57.2 Å². The summed E-state index contributed by atoms with van der Waals surface area (Å²) in [6.45, 7) is 6.99. The molecular weight excluding hydrogens is 244 g/mol. The lowest BCUT2D eigenvalue weighted by molar-refractivity contribution is 0.303. The molecule has 0 aliphatic rings. The Balaban J connectivity index is 2.12. The van der Waals surface area contributed by atoms with Crippen LogP contribution >= 0.6 is 0 Å². The van der Waals surface area contributed by atoms with Crippen LogP contribution in [0.5, 0.6) is 5.75 Å². The number of allylic oxidation sites excluding steroid dienone is 2. The van der Waals surface area contributed by atoms with Crippen LogP contribution < -0.4 is 4.74 Å². The molecule has 0 aliphatic heterocycles. The van der Waals surface area contributed by atoms with Gasteiger partial charge in [0.2, 0.25) is 0 Å². The fourth-order valence-corrected chi connectivity index (χ4v) is 2.06. The molecule has 20 heavy (non-hydrogen) atoms. The predicted octanol–water partition coefficient (Wildman–Crippen LogP) is 5.08. The van der Waals surface area contributed by atoms with Crippen LogP contribution in [0, 0.1) is 6.92 Å². The highest BCUT2D eigenvalue weighted by Gasteiger charge is 2.03. The van der Waals surface area contributed by atoms with Gasteiger partial charge in [-0.1, -0.05) is 59.7 Å². The molecule has 2 rings (SSSR count). The lowest BCUT2D eigenvalue weighted by Crippen LogP contribution is -1.98. The molecule has 0 fully saturated rings. The average molecular weight is 266 g/mol. The smallest absolute Gasteiger partial charge is 0.123 e. The van der Waals surface area contributed by atoms with Gasteiger partial charge in [0.25, 0.3) is 0 Å². The first kappa shape index (κ1) is 14.4. The highest BCUT2D eigenvalue weighted by Crippen LogP contribution is 2.22. The second-order valence-electron chi connectivity index (χ2n) is 5.37. The van der Waals surface area contributed by atoms with Crippen molar-refractivity contribution in [3.63, 3.8) is 0 Å². The monoisotopic (exact) mass is 266 g/mol. The van der Waals surface area contributed by atoms with Crippen molar-refractivity contribution < 1.29 is 4.74 Å². The van der Waals surface area contributed by atoms with Crippen molar-refractivity contribution in [3.05, 3.63) is 76.9 Å². The van der Waals surface area contributed by atoms with Gasteiger partial charge in [0.1, 0.15) is 12.4 Å². The van der Waals surface area contributed by atoms with Gasteiger partial charge in [-0.25, -0.2) is 0 Å². The van der Waals surface area contributed by atoms with Crippen molar-refractivity contribution in [2.75, 3.05) is 0 Å². The maximum Gasteiger partial charge on any atom is 0.123 e. The van der Waals surface area contributed by atoms with Crippen molar-refractivity contribution in [1.29, 1.82) is 0 Å². The molecule has 0 N–H and O–H groups in total. The zero-order chi connectivity index (χ0) is 14.4. The number of ether oxygens (including phenoxy) is 1. The molecule has 0 radical (unpaired) electrons. The average Bonchev–Trinajstić information content (AvgIpc) is 2.45. The van der Waals surface area contributed by atoms with Crippen LogP contribution in [-0.2, 0) is 13.0 Å². The molecule has 1 heteroatoms. The van der Waals surface area contributed by atoms with E-state index in [9.17, 15) is 0 Å². The highest BCUT2D eigenvalue weighted by molar-refractivity contribution is 5.38. The minimum absolute atomic E-state index is 0.617. The fourth-order valence-electron chi connectivity index (χ4n) is 2.06. The predicted molar refractivity (Wildman–Crippen MR) is 85.1 cm³/mol. The Morgan fingerprint density at radius 1 is 1.05 bits per heavy atom. The largest absolute Gasteiger partial charge is 0.489 e. The van der Waals surface area contributed by atoms with Crippen LogP contribution in [0.4, 0.5) is 0 Å². The lowest BCUT2D eigenvalue weighted by atomic mass is 10.1. The SMILES string of the molecule is CC(C)=CCc1cc(C)ccc1OCc1ccccc1. The van der Waals surface area contributed by atoms with E-state index < -0.39 is 0 Å². The van der Waals surface area contributed by atoms with E-state index in [4.69, 9.17) is 4.74 Å². The van der Waals surface area contributed by atoms with Crippen LogP contribution in [0.2, 0.25) is 0 Å². The Morgan fingerprint density at radius 2 is 1.80 bits per heavy atom. The summed E-state index contributed by atoms with van der Waals surface area (Å²) in [7, 11) is 0. The van der Waals surface area contributed by atoms with Gasteiger partial charge in [0.15, 0.2) is 0 Å². The van der Waals surface area contributed by atoms with Crippen LogP contribution in [0.15, 0.2) is 60.2 Å². The molecule has 0 amide bonds. The summed E-state index contributed by atoms with van der Waals surface area (Å²) in [6.07, 6.45) is 3.16. The molecule has 0 heterocycles. The zero-order valence-corrected chi connectivity index (χ0v) is 12.5. The van der Waals surface area contributed by atoms with Gasteiger partial charge in [-0.2, -0.15) is 0 Å². The van der Waals surface area contributed by atoms with E-state index in [0.717, 1.165) is 12.2 Å². The minimum atomic E-state index is 0.617. The Bertz CT molecular complexity index is 578. The third-order valence-corrected chi connectivity index (χ3v) is 3.18. The van der Waals surface area contributed by atoms with Crippen LogP contribution in [-0.4, -0.2) is 0 Å². The Hall–Kier alpha value is -2.02. The zero-order valence-electron chi connectivity index (χ0n) is 12.5. The Kier molecular flexibility index (Phi) is 5.00. The normalized spacial score (nSPS) is 10.2. The third kappa shape index (κ3) is 4.27. The first-order valence-electron chi connectivity index (χ1n) is 7.05. The van der Waals surface area contributed by atoms with Gasteiger partial charge >= 0.3 is 0 Å². The maximum absolute atomic E-state index is 5.98. The second kappa shape index (κ2) is 6.95. The summed E-state index contributed by atoms with van der Waals surface area (Å²) < 4.78 is 5.98. The number of aryl methyl sites for hydroxylation is 1. The number of benzene rings is 2. The van der Waals surface area contributed by atoms with E-state index >= 15 is 0 Å². The van der Waals surface area contributed by atoms with Gasteiger partial charge in [-0.15, -0.1) is 0 Å². The summed E-state index contributed by atoms with van der Waals surface area (Å²) in [6, 6.07) is 16.7. The molecule has 0 unspecified atom stereocenters. The first-order chi connectivity index (χ1) is 9.65. The number of hydrogen-bond donors (Lipinski definition) is 0. The first-order valence-corrected chi connectivity index (χ1v) is 7.05. The Labute approximate surface area is 121 Å². The molecule has 0 aliphatic carbocycles. The summed E-state index contributed by atoms with van der Waals surface area (Å²) >= 11 is 0. The molecule has 0 saturated carbocycles. The minimum Gasteiger partial charge on any atom is -0.489 e. The quantitative estimate of drug-likeness (QED) is 0.685. The Morgan fingerprint density at radius 3 is 2.50 bits per heavy atom. The number of hydrogen-bond acceptors (Lipinski definition) is 1. The lowest BCUT2D eigenvalue weighted by Gasteiger charge is -2.11. The van der Waals surface area contributed by atoms with E-state index in [1.807, 2.05) is 18.2 Å². The van der Waals surface area contributed by atoms with E-state index in [0.29, 0.717) is 6.61 Å². The van der Waals surface area contributed by atoms with Crippen LogP contribution in [0.25, 0.3) is 0 Å². The van der Waals surface area contributed by atoms with E-state index in [1.165, 1.54) is 22.3 Å². The molecule has 2 aromatic carbocycles. The van der Waals surface area contributed by atoms with E-state index in [1.54, 1.807) is 0 Å². The van der Waals surface area contributed by atoms with Gasteiger partial charge in [0.05, 0.1) is 0 Å². The summed E-state index contributed by atoms with van der Waals surface area (Å²) in [5, 5.41) is 0. The highest BCUT2D eigenvalue weighted by atomic mass is 16.5. The van der Waals surface area contributed by atoms with Crippen molar-refractivity contribution in [2.45, 2.75) is 33.8 Å². The van der Waals surface area contributed by atoms with Gasteiger partial charge in [0, 0.05) is 0 Å². The van der Waals surface area contributed by atoms with Gasteiger partial charge < -0.3 is 4.74 Å². The molecule has 1 nitrogen and oxygen atoms in total. The van der Waals surface area contributed by atoms with E-state index in [-0.39, 0.29) is 0 Å². The van der Waals surface area contributed by atoms with Crippen molar-refractivity contribution >= 4 is 0 Å². The maximum atomic E-state index is 5.98. The van der Waals surface area contributed by atoms with Crippen LogP contribution in [0.1, 0.15) is 30.5 Å². The molecule has 104 valence electrons.